The van der Waals surface area contributed by atoms with E-state index in [4.69, 9.17) is 14.7 Å². The quantitative estimate of drug-likeness (QED) is 0.194. The van der Waals surface area contributed by atoms with Crippen LogP contribution in [0.5, 0.6) is 5.75 Å². The highest BCUT2D eigenvalue weighted by Gasteiger charge is 2.19. The van der Waals surface area contributed by atoms with E-state index in [1.54, 1.807) is 12.1 Å². The number of aryl methyl sites for hydroxylation is 3. The SMILES string of the molecule is COc1ccc(-c2c3nc(cc4ccc([nH]4)c(-c4c(C)cc(C)cc4C)c4nc(cc5ccc2[nH]5)C=C4)C=C3)c(C(=O)O)c1. The molecule has 3 N–H and O–H groups in total. The molecule has 7 heteroatoms. The molecule has 2 aromatic carbocycles. The normalized spacial score (nSPS) is 12.1. The molecule has 7 nitrogen and oxygen atoms in total. The van der Waals surface area contributed by atoms with Gasteiger partial charge in [-0.05, 0) is 116 Å². The van der Waals surface area contributed by atoms with Crippen LogP contribution in [-0.4, -0.2) is 38.1 Å². The van der Waals surface area contributed by atoms with Crippen molar-refractivity contribution in [2.75, 3.05) is 7.11 Å². The molecule has 0 fully saturated rings. The zero-order valence-corrected chi connectivity index (χ0v) is 24.8. The van der Waals surface area contributed by atoms with Crippen LogP contribution in [0.1, 0.15) is 49.8 Å². The van der Waals surface area contributed by atoms with Gasteiger partial charge < -0.3 is 19.8 Å². The number of carbonyl (C=O) groups is 1. The molecule has 0 saturated heterocycles. The summed E-state index contributed by atoms with van der Waals surface area (Å²) in [6.07, 6.45) is 7.94. The van der Waals surface area contributed by atoms with E-state index in [-0.39, 0.29) is 5.56 Å². The van der Waals surface area contributed by atoms with Crippen molar-refractivity contribution >= 4 is 52.3 Å². The number of hydrogen-bond donors (Lipinski definition) is 3. The van der Waals surface area contributed by atoms with Crippen molar-refractivity contribution in [1.82, 2.24) is 19.9 Å². The molecule has 2 aliphatic heterocycles. The zero-order chi connectivity index (χ0) is 30.5. The number of H-pyrrole nitrogens is 2. The van der Waals surface area contributed by atoms with Gasteiger partial charge in [0.25, 0.3) is 0 Å². The summed E-state index contributed by atoms with van der Waals surface area (Å²) in [5, 5.41) is 10.1. The lowest BCUT2D eigenvalue weighted by molar-refractivity contribution is 0.0697. The lowest BCUT2D eigenvalue weighted by Crippen LogP contribution is -2.01. The summed E-state index contributed by atoms with van der Waals surface area (Å²) in [5.74, 6) is -0.577. The predicted octanol–water partition coefficient (Wildman–Crippen LogP) is 8.62. The third-order valence-corrected chi connectivity index (χ3v) is 8.05. The highest BCUT2D eigenvalue weighted by Crippen LogP contribution is 2.37. The number of aromatic nitrogens is 4. The summed E-state index contributed by atoms with van der Waals surface area (Å²) < 4.78 is 5.33. The van der Waals surface area contributed by atoms with Crippen LogP contribution in [0.3, 0.4) is 0 Å². The van der Waals surface area contributed by atoms with E-state index in [0.29, 0.717) is 22.6 Å². The minimum Gasteiger partial charge on any atom is -0.497 e. The molecule has 8 bridgehead atoms. The Labute approximate surface area is 254 Å². The highest BCUT2D eigenvalue weighted by atomic mass is 16.5. The average Bonchev–Trinajstić information content (AvgIpc) is 3.81. The maximum Gasteiger partial charge on any atom is 0.336 e. The van der Waals surface area contributed by atoms with Crippen LogP contribution in [0, 0.1) is 20.8 Å². The number of carboxylic acids is 1. The van der Waals surface area contributed by atoms with Crippen molar-refractivity contribution in [1.29, 1.82) is 0 Å². The topological polar surface area (TPSA) is 104 Å². The van der Waals surface area contributed by atoms with Crippen LogP contribution >= 0.6 is 0 Å². The molecule has 0 radical (unpaired) electrons. The minimum atomic E-state index is -1.05. The number of nitrogens with one attached hydrogen (secondary N) is 2. The number of aromatic carboxylic acids is 1. The maximum atomic E-state index is 12.4. The van der Waals surface area contributed by atoms with Gasteiger partial charge in [-0.15, -0.1) is 0 Å². The number of methoxy groups -OCH3 is 1. The van der Waals surface area contributed by atoms with Gasteiger partial charge in [0.2, 0.25) is 0 Å². The van der Waals surface area contributed by atoms with Gasteiger partial charge >= 0.3 is 5.97 Å². The second-order valence-electron chi connectivity index (χ2n) is 11.2. The van der Waals surface area contributed by atoms with E-state index in [1.165, 1.54) is 35.4 Å². The lowest BCUT2D eigenvalue weighted by atomic mass is 9.92. The highest BCUT2D eigenvalue weighted by molar-refractivity contribution is 6.02. The summed E-state index contributed by atoms with van der Waals surface area (Å²) in [7, 11) is 1.52. The van der Waals surface area contributed by atoms with Gasteiger partial charge in [0.05, 0.1) is 35.4 Å². The van der Waals surface area contributed by atoms with Crippen molar-refractivity contribution in [2.24, 2.45) is 0 Å². The summed E-state index contributed by atoms with van der Waals surface area (Å²) in [6, 6.07) is 21.5. The van der Waals surface area contributed by atoms with Crippen molar-refractivity contribution < 1.29 is 14.6 Å². The van der Waals surface area contributed by atoms with Gasteiger partial charge in [-0.1, -0.05) is 17.7 Å². The number of fused-ring (bicyclic) bond motifs is 8. The molecular weight excluding hydrogens is 548 g/mol. The molecule has 2 aliphatic rings. The van der Waals surface area contributed by atoms with Gasteiger partial charge in [0.1, 0.15) is 5.75 Å². The summed E-state index contributed by atoms with van der Waals surface area (Å²) in [6.45, 7) is 6.42. The largest absolute Gasteiger partial charge is 0.497 e. The van der Waals surface area contributed by atoms with E-state index < -0.39 is 5.97 Å². The van der Waals surface area contributed by atoms with E-state index >= 15 is 0 Å². The van der Waals surface area contributed by atoms with E-state index in [9.17, 15) is 9.90 Å². The Hall–Kier alpha value is -5.69. The Bertz CT molecular complexity index is 2210. The number of hydrogen-bond acceptors (Lipinski definition) is 4. The smallest absolute Gasteiger partial charge is 0.336 e. The summed E-state index contributed by atoms with van der Waals surface area (Å²) in [5.41, 5.74) is 13.7. The van der Waals surface area contributed by atoms with Crippen molar-refractivity contribution in [3.8, 4) is 28.0 Å². The van der Waals surface area contributed by atoms with E-state index in [0.717, 1.165) is 44.7 Å². The fraction of sp³-hybridized carbons (Fsp3) is 0.108. The molecule has 216 valence electrons. The Balaban J connectivity index is 1.57. The van der Waals surface area contributed by atoms with Crippen LogP contribution in [0.15, 0.2) is 66.7 Å². The molecule has 44 heavy (non-hydrogen) atoms. The predicted molar refractivity (Wildman–Crippen MR) is 177 cm³/mol. The molecule has 7 rings (SSSR count). The Morgan fingerprint density at radius 1 is 0.682 bits per heavy atom. The fourth-order valence-corrected chi connectivity index (χ4v) is 6.24. The number of benzene rings is 2. The zero-order valence-electron chi connectivity index (χ0n) is 24.8. The van der Waals surface area contributed by atoms with Crippen molar-refractivity contribution in [3.63, 3.8) is 0 Å². The van der Waals surface area contributed by atoms with Crippen LogP contribution in [0.4, 0.5) is 0 Å². The molecule has 5 heterocycles. The molecule has 0 spiro atoms. The van der Waals surface area contributed by atoms with Gasteiger partial charge in [0.15, 0.2) is 0 Å². The van der Waals surface area contributed by atoms with Crippen LogP contribution in [0.2, 0.25) is 0 Å². The standard InChI is InChI=1S/C37H30N4O3/c1-20-15-21(2)34(22(3)16-20)36-32-13-7-25(40-32)17-23-5-11-30(38-23)35(28-10-9-27(44-4)19-29(28)37(42)43)31-12-6-24(39-31)18-26-8-14-33(36)41-26/h5-19,38,41H,1-4H3,(H,42,43). The number of nitrogens with zero attached hydrogens (tertiary/aromatic N) is 2. The maximum absolute atomic E-state index is 12.4. The second-order valence-corrected chi connectivity index (χ2v) is 11.2. The second kappa shape index (κ2) is 10.5. The first kappa shape index (κ1) is 27.2. The van der Waals surface area contributed by atoms with Crippen LogP contribution in [0.25, 0.3) is 68.6 Å². The van der Waals surface area contributed by atoms with Crippen molar-refractivity contribution in [2.45, 2.75) is 20.8 Å². The lowest BCUT2D eigenvalue weighted by Gasteiger charge is -2.13. The molecule has 0 saturated carbocycles. The minimum absolute atomic E-state index is 0.128. The molecule has 3 aromatic heterocycles. The molecule has 0 amide bonds. The van der Waals surface area contributed by atoms with E-state index in [2.05, 4.69) is 55.0 Å². The van der Waals surface area contributed by atoms with Gasteiger partial charge in [-0.3, -0.25) is 0 Å². The van der Waals surface area contributed by atoms with Crippen LogP contribution < -0.4 is 4.74 Å². The first-order chi connectivity index (χ1) is 21.3. The number of rotatable bonds is 4. The first-order valence-corrected chi connectivity index (χ1v) is 14.4. The summed E-state index contributed by atoms with van der Waals surface area (Å²) in [4.78, 5) is 29.5. The van der Waals surface area contributed by atoms with Gasteiger partial charge in [-0.25, -0.2) is 14.8 Å². The number of aromatic amines is 2. The molecular formula is C37H30N4O3. The number of ether oxygens (including phenoxy) is 1. The summed E-state index contributed by atoms with van der Waals surface area (Å²) >= 11 is 0. The van der Waals surface area contributed by atoms with E-state index in [1.807, 2.05) is 48.6 Å². The third-order valence-electron chi connectivity index (χ3n) is 8.05. The Morgan fingerprint density at radius 2 is 1.25 bits per heavy atom. The molecule has 0 aliphatic carbocycles. The monoisotopic (exact) mass is 578 g/mol. The Morgan fingerprint density at radius 3 is 1.82 bits per heavy atom. The first-order valence-electron chi connectivity index (χ1n) is 14.4. The fourth-order valence-electron chi connectivity index (χ4n) is 6.24. The molecule has 0 unspecified atom stereocenters. The van der Waals surface area contributed by atoms with Gasteiger partial charge in [-0.2, -0.15) is 0 Å². The number of carboxylic acid groups (broad SMARTS) is 1. The third kappa shape index (κ3) is 4.78. The molecule has 5 aromatic rings. The molecule has 0 atom stereocenters. The van der Waals surface area contributed by atoms with Crippen LogP contribution in [-0.2, 0) is 0 Å². The average molecular weight is 579 g/mol. The van der Waals surface area contributed by atoms with Gasteiger partial charge in [0, 0.05) is 38.8 Å². The van der Waals surface area contributed by atoms with Crippen molar-refractivity contribution in [3.05, 3.63) is 112 Å². The Kier molecular flexibility index (Phi) is 6.51.